The number of benzene rings is 1. The fraction of sp³-hybridized carbons (Fsp3) is 0.0833. The second-order valence-corrected chi connectivity index (χ2v) is 3.27. The molecule has 0 aliphatic heterocycles. The maximum atomic E-state index is 10.6. The molecule has 0 saturated carbocycles. The summed E-state index contributed by atoms with van der Waals surface area (Å²) in [5.74, 6) is 0.651. The first-order valence-electron chi connectivity index (χ1n) is 5.08. The minimum Gasteiger partial charge on any atom is -0.652 e. The van der Waals surface area contributed by atoms with Gasteiger partial charge in [-0.1, -0.05) is 0 Å². The Balaban J connectivity index is 0. The Bertz CT molecular complexity index is 557. The summed E-state index contributed by atoms with van der Waals surface area (Å²) in [7, 11) is 1.57. The number of carbonyl (C=O) groups is 2. The molecule has 0 atom stereocenters. The molecule has 0 radical (unpaired) electrons. The molecule has 0 spiro atoms. The third-order valence-electron chi connectivity index (χ3n) is 2.12. The second-order valence-electron chi connectivity index (χ2n) is 3.27. The molecule has 0 aliphatic carbocycles. The van der Waals surface area contributed by atoms with Crippen LogP contribution in [0.1, 0.15) is 10.4 Å². The summed E-state index contributed by atoms with van der Waals surface area (Å²) in [4.78, 5) is 22.9. The first kappa shape index (κ1) is 23.7. The molecule has 0 bridgehead atoms. The number of hydrogen-bond donors (Lipinski definition) is 0. The Kier molecular flexibility index (Phi) is 14.6. The van der Waals surface area contributed by atoms with Gasteiger partial charge in [-0.05, 0) is 24.4 Å². The molecule has 2 rings (SSSR count). The normalized spacial score (nSPS) is 8.24. The summed E-state index contributed by atoms with van der Waals surface area (Å²) in [6.07, 6.45) is 3.64. The molecule has 0 unspecified atom stereocenters. The summed E-state index contributed by atoms with van der Waals surface area (Å²) in [6, 6.07) is 5.26. The average Bonchev–Trinajstić information content (AvgIpc) is 2.91. The molecule has 1 aromatic carbocycles. The zero-order chi connectivity index (χ0) is 14.3. The van der Waals surface area contributed by atoms with Crippen LogP contribution in [-0.4, -0.2) is 29.1 Å². The van der Waals surface area contributed by atoms with Crippen molar-refractivity contribution in [3.8, 4) is 11.4 Å². The van der Waals surface area contributed by atoms with E-state index in [1.165, 1.54) is 0 Å². The van der Waals surface area contributed by atoms with Crippen molar-refractivity contribution < 1.29 is 127 Å². The first-order chi connectivity index (χ1) is 9.08. The largest absolute Gasteiger partial charge is 1.00 e. The summed E-state index contributed by atoms with van der Waals surface area (Å²) in [6.45, 7) is 0. The summed E-state index contributed by atoms with van der Waals surface area (Å²) >= 11 is 0. The molecule has 0 fully saturated rings. The van der Waals surface area contributed by atoms with Crippen molar-refractivity contribution in [2.45, 2.75) is 0 Å². The van der Waals surface area contributed by atoms with Crippen LogP contribution in [-0.2, 0) is 0 Å². The quantitative estimate of drug-likeness (QED) is 0.406. The third kappa shape index (κ3) is 8.60. The number of nitrogens with zero attached hydrogens (tertiary/aromatic N) is 2. The molecular weight excluding hydrogens is 330 g/mol. The van der Waals surface area contributed by atoms with Crippen molar-refractivity contribution in [1.82, 2.24) is 9.55 Å². The first-order valence-corrected chi connectivity index (χ1v) is 5.08. The minimum atomic E-state index is -2.33. The van der Waals surface area contributed by atoms with Crippen LogP contribution in [0.25, 0.3) is 5.69 Å². The van der Waals surface area contributed by atoms with E-state index in [1.54, 1.807) is 31.8 Å². The van der Waals surface area contributed by atoms with Crippen molar-refractivity contribution in [3.05, 3.63) is 42.5 Å². The Morgan fingerprint density at radius 2 is 1.95 bits per heavy atom. The fourth-order valence-electron chi connectivity index (χ4n) is 1.38. The van der Waals surface area contributed by atoms with Gasteiger partial charge in [0.05, 0.1) is 19.1 Å². The molecule has 0 amide bonds. The van der Waals surface area contributed by atoms with Gasteiger partial charge < -0.3 is 24.3 Å². The number of imidazole rings is 1. The van der Waals surface area contributed by atoms with E-state index in [0.29, 0.717) is 11.3 Å². The molecule has 9 heteroatoms. The number of hydrogen-bond acceptors (Lipinski definition) is 6. The monoisotopic (exact) mass is 340 g/mol. The van der Waals surface area contributed by atoms with Gasteiger partial charge in [0.15, 0.2) is 0 Å². The van der Waals surface area contributed by atoms with Gasteiger partial charge in [0.2, 0.25) is 0 Å². The zero-order valence-electron chi connectivity index (χ0n) is 12.0. The Morgan fingerprint density at radius 1 is 1.33 bits per heavy atom. The number of methoxy groups -OCH3 is 1. The minimum absolute atomic E-state index is 0. The predicted octanol–water partition coefficient (Wildman–Crippen LogP) is -6.75. The van der Waals surface area contributed by atoms with Crippen LogP contribution in [0.5, 0.6) is 5.75 Å². The summed E-state index contributed by atoms with van der Waals surface area (Å²) in [5.41, 5.74) is 1.45. The number of carboxylic acid groups (broad SMARTS) is 2. The Labute approximate surface area is 206 Å². The van der Waals surface area contributed by atoms with Crippen LogP contribution in [0.3, 0.4) is 0 Å². The van der Waals surface area contributed by atoms with Crippen LogP contribution < -0.4 is 118 Å². The molecular formula is C12H10K2N2O5. The molecule has 0 N–H and O–H groups in total. The van der Waals surface area contributed by atoms with Gasteiger partial charge in [0, 0.05) is 18.0 Å². The van der Waals surface area contributed by atoms with Crippen molar-refractivity contribution in [2.24, 2.45) is 0 Å². The van der Waals surface area contributed by atoms with E-state index < -0.39 is 6.16 Å². The standard InChI is InChI=1S/C11H10N2O2.CH2O3.2K/c1-15-11-6-9(7-14)2-3-10(11)13-5-4-12-8-13;2-1(3)4;;/h2-8H,1H3;(H2,2,3,4);;/q;;2*+1/p-2. The molecule has 0 saturated heterocycles. The van der Waals surface area contributed by atoms with E-state index in [2.05, 4.69) is 4.98 Å². The van der Waals surface area contributed by atoms with Crippen molar-refractivity contribution in [2.75, 3.05) is 7.11 Å². The van der Waals surface area contributed by atoms with E-state index in [9.17, 15) is 4.79 Å². The van der Waals surface area contributed by atoms with E-state index in [-0.39, 0.29) is 103 Å². The molecule has 1 aromatic heterocycles. The molecule has 21 heavy (non-hydrogen) atoms. The zero-order valence-corrected chi connectivity index (χ0v) is 18.2. The van der Waals surface area contributed by atoms with Crippen LogP contribution in [0.4, 0.5) is 4.79 Å². The fourth-order valence-corrected chi connectivity index (χ4v) is 1.38. The maximum absolute atomic E-state index is 10.6. The van der Waals surface area contributed by atoms with E-state index in [4.69, 9.17) is 19.7 Å². The number of aromatic nitrogens is 2. The van der Waals surface area contributed by atoms with Crippen LogP contribution >= 0.6 is 0 Å². The van der Waals surface area contributed by atoms with Gasteiger partial charge in [0.1, 0.15) is 12.0 Å². The van der Waals surface area contributed by atoms with Crippen molar-refractivity contribution in [3.63, 3.8) is 0 Å². The number of carbonyl (C=O) groups excluding carboxylic acids is 2. The van der Waals surface area contributed by atoms with Crippen molar-refractivity contribution in [1.29, 1.82) is 0 Å². The van der Waals surface area contributed by atoms with Gasteiger partial charge in [-0.2, -0.15) is 0 Å². The SMILES string of the molecule is COc1cc(C=O)ccc1-n1ccnc1.O=C([O-])[O-].[K+].[K+]. The Hall–Kier alpha value is 0.443. The molecule has 2 aromatic rings. The predicted molar refractivity (Wildman–Crippen MR) is 60.9 cm³/mol. The maximum Gasteiger partial charge on any atom is 1.00 e. The van der Waals surface area contributed by atoms with E-state index in [1.807, 2.05) is 16.8 Å². The molecule has 7 nitrogen and oxygen atoms in total. The van der Waals surface area contributed by atoms with Gasteiger partial charge in [0.25, 0.3) is 0 Å². The number of rotatable bonds is 3. The van der Waals surface area contributed by atoms with Crippen LogP contribution in [0, 0.1) is 0 Å². The van der Waals surface area contributed by atoms with Gasteiger partial charge in [-0.25, -0.2) is 4.98 Å². The van der Waals surface area contributed by atoms with Crippen molar-refractivity contribution >= 4 is 12.4 Å². The van der Waals surface area contributed by atoms with Gasteiger partial charge >= 0.3 is 103 Å². The summed E-state index contributed by atoms with van der Waals surface area (Å²) < 4.78 is 7.03. The van der Waals surface area contributed by atoms with Gasteiger partial charge in [-0.15, -0.1) is 0 Å². The smallest absolute Gasteiger partial charge is 0.652 e. The van der Waals surface area contributed by atoms with E-state index in [0.717, 1.165) is 12.0 Å². The van der Waals surface area contributed by atoms with Crippen LogP contribution in [0.15, 0.2) is 36.9 Å². The average molecular weight is 340 g/mol. The van der Waals surface area contributed by atoms with Crippen LogP contribution in [0.2, 0.25) is 0 Å². The number of aldehydes is 1. The topological polar surface area (TPSA) is 107 Å². The number of ether oxygens (including phenoxy) is 1. The van der Waals surface area contributed by atoms with Gasteiger partial charge in [-0.3, -0.25) is 4.79 Å². The van der Waals surface area contributed by atoms with E-state index >= 15 is 0 Å². The second kappa shape index (κ2) is 12.9. The molecule has 100 valence electrons. The Morgan fingerprint density at radius 3 is 2.38 bits per heavy atom. The molecule has 0 aliphatic rings. The molecule has 1 heterocycles. The summed E-state index contributed by atoms with van der Waals surface area (Å²) in [5, 5.41) is 16.7. The third-order valence-corrected chi connectivity index (χ3v) is 2.12.